The molecule has 0 radical (unpaired) electrons. The van der Waals surface area contributed by atoms with Crippen molar-refractivity contribution < 1.29 is 41.3 Å². The van der Waals surface area contributed by atoms with E-state index in [4.69, 9.17) is 9.72 Å². The van der Waals surface area contributed by atoms with Crippen LogP contribution in [0.15, 0.2) is 60.9 Å². The second-order valence-electron chi connectivity index (χ2n) is 17.6. The quantitative estimate of drug-likeness (QED) is 0.154. The Labute approximate surface area is 335 Å². The van der Waals surface area contributed by atoms with Crippen molar-refractivity contribution in [3.05, 3.63) is 111 Å². The van der Waals surface area contributed by atoms with Crippen molar-refractivity contribution in [3.63, 3.8) is 0 Å². The van der Waals surface area contributed by atoms with Gasteiger partial charge in [-0.15, -0.1) is 0 Å². The van der Waals surface area contributed by atoms with Crippen LogP contribution in [-0.4, -0.2) is 44.2 Å². The standard InChI is InChI=1S/C45H52F6N4O3/c1-26(2)41(57)31-23-52-42(53-24-31)55-19-15-30(16-20-55)40-38(39(46)29-7-9-32(10-8-29)45(49,50)51)36(28-13-17-44(47,48)18-14-28)37-34(54-40)21-43(3,4)22-35(37)58-25-27-5-11-33(56)12-6-27/h5-12,23-24,26,28,30,35,39,41,56-57H,13-22,25H2,1-4H3. The van der Waals surface area contributed by atoms with Crippen molar-refractivity contribution >= 4 is 5.95 Å². The number of hydrogen-bond donors (Lipinski definition) is 2. The van der Waals surface area contributed by atoms with Gasteiger partial charge in [-0.3, -0.25) is 4.98 Å². The van der Waals surface area contributed by atoms with Gasteiger partial charge < -0.3 is 19.8 Å². The van der Waals surface area contributed by atoms with Gasteiger partial charge in [-0.25, -0.2) is 23.1 Å². The van der Waals surface area contributed by atoms with Gasteiger partial charge in [0.25, 0.3) is 0 Å². The summed E-state index contributed by atoms with van der Waals surface area (Å²) in [6.45, 7) is 9.26. The van der Waals surface area contributed by atoms with Crippen LogP contribution in [-0.2, 0) is 23.9 Å². The molecule has 7 rings (SSSR count). The first-order valence-electron chi connectivity index (χ1n) is 20.3. The van der Waals surface area contributed by atoms with Crippen molar-refractivity contribution in [1.29, 1.82) is 0 Å². The molecule has 4 aromatic rings. The third-order valence-corrected chi connectivity index (χ3v) is 12.2. The molecule has 2 aliphatic carbocycles. The van der Waals surface area contributed by atoms with Gasteiger partial charge in [0.15, 0.2) is 6.17 Å². The van der Waals surface area contributed by atoms with E-state index in [1.54, 1.807) is 36.7 Å². The fraction of sp³-hybridized carbons (Fsp3) is 0.533. The van der Waals surface area contributed by atoms with Crippen LogP contribution in [0.5, 0.6) is 5.75 Å². The van der Waals surface area contributed by atoms with Crippen LogP contribution >= 0.6 is 0 Å². The SMILES string of the molecule is CC(C)C(O)c1cnc(N2CCC(c3nc4c(c(C5CCC(F)(F)CC5)c3C(F)c3ccc(C(F)(F)F)cc3)C(OCc3ccc(O)cc3)CC(C)(C)C4)CC2)nc1. The summed E-state index contributed by atoms with van der Waals surface area (Å²) in [5.74, 6) is -2.95. The van der Waals surface area contributed by atoms with Crippen LogP contribution in [0.25, 0.3) is 0 Å². The molecule has 312 valence electrons. The first-order chi connectivity index (χ1) is 27.4. The highest BCUT2D eigenvalue weighted by molar-refractivity contribution is 5.51. The van der Waals surface area contributed by atoms with E-state index in [-0.39, 0.29) is 66.4 Å². The highest BCUT2D eigenvalue weighted by Crippen LogP contribution is 2.53. The lowest BCUT2D eigenvalue weighted by atomic mass is 9.68. The van der Waals surface area contributed by atoms with E-state index in [9.17, 15) is 32.2 Å². The number of fused-ring (bicyclic) bond motifs is 1. The second kappa shape index (κ2) is 16.4. The average Bonchev–Trinajstić information content (AvgIpc) is 3.19. The number of benzene rings is 2. The van der Waals surface area contributed by atoms with Gasteiger partial charge >= 0.3 is 6.18 Å². The van der Waals surface area contributed by atoms with Crippen LogP contribution in [0.4, 0.5) is 32.3 Å². The number of phenolic OH excluding ortho intramolecular Hbond substituents is 1. The van der Waals surface area contributed by atoms with E-state index in [2.05, 4.69) is 23.8 Å². The zero-order chi connectivity index (χ0) is 41.6. The Morgan fingerprint density at radius 2 is 1.48 bits per heavy atom. The number of anilines is 1. The van der Waals surface area contributed by atoms with E-state index in [1.807, 2.05) is 18.7 Å². The number of aromatic hydroxyl groups is 1. The van der Waals surface area contributed by atoms with E-state index in [0.717, 1.165) is 35.5 Å². The third-order valence-electron chi connectivity index (χ3n) is 12.2. The molecule has 0 amide bonds. The lowest BCUT2D eigenvalue weighted by molar-refractivity contribution is -0.137. The Morgan fingerprint density at radius 1 is 0.862 bits per heavy atom. The molecule has 3 atom stereocenters. The number of hydrogen-bond acceptors (Lipinski definition) is 7. The predicted octanol–water partition coefficient (Wildman–Crippen LogP) is 11.3. The summed E-state index contributed by atoms with van der Waals surface area (Å²) in [6.07, 6.45) is -2.82. The average molecular weight is 811 g/mol. The summed E-state index contributed by atoms with van der Waals surface area (Å²) in [5.41, 5.74) is 3.11. The highest BCUT2D eigenvalue weighted by Gasteiger charge is 2.44. The fourth-order valence-corrected chi connectivity index (χ4v) is 9.00. The Balaban J connectivity index is 1.33. The van der Waals surface area contributed by atoms with Crippen LogP contribution in [0, 0.1) is 11.3 Å². The minimum absolute atomic E-state index is 0.00733. The van der Waals surface area contributed by atoms with E-state index in [0.29, 0.717) is 67.1 Å². The van der Waals surface area contributed by atoms with Crippen LogP contribution < -0.4 is 4.90 Å². The summed E-state index contributed by atoms with van der Waals surface area (Å²) >= 11 is 0. The highest BCUT2D eigenvalue weighted by atomic mass is 19.4. The van der Waals surface area contributed by atoms with Gasteiger partial charge in [-0.1, -0.05) is 52.0 Å². The number of aliphatic hydroxyl groups is 1. The number of alkyl halides is 6. The largest absolute Gasteiger partial charge is 0.508 e. The van der Waals surface area contributed by atoms with E-state index in [1.165, 1.54) is 0 Å². The molecular formula is C45H52F6N4O3. The smallest absolute Gasteiger partial charge is 0.416 e. The maximum absolute atomic E-state index is 17.7. The van der Waals surface area contributed by atoms with Crippen molar-refractivity contribution in [2.24, 2.45) is 11.3 Å². The third kappa shape index (κ3) is 9.15. The van der Waals surface area contributed by atoms with Gasteiger partial charge in [0.1, 0.15) is 5.75 Å². The molecule has 1 saturated heterocycles. The van der Waals surface area contributed by atoms with Crippen LogP contribution in [0.2, 0.25) is 0 Å². The van der Waals surface area contributed by atoms with Gasteiger partial charge in [-0.2, -0.15) is 13.2 Å². The monoisotopic (exact) mass is 810 g/mol. The number of rotatable bonds is 10. The van der Waals surface area contributed by atoms with Crippen molar-refractivity contribution in [3.8, 4) is 5.75 Å². The maximum Gasteiger partial charge on any atom is 0.416 e. The first-order valence-corrected chi connectivity index (χ1v) is 20.3. The molecule has 0 spiro atoms. The summed E-state index contributed by atoms with van der Waals surface area (Å²) in [7, 11) is 0. The van der Waals surface area contributed by atoms with Crippen molar-refractivity contribution in [1.82, 2.24) is 15.0 Å². The number of aromatic nitrogens is 3. The fourth-order valence-electron chi connectivity index (χ4n) is 9.00. The zero-order valence-electron chi connectivity index (χ0n) is 33.4. The molecule has 13 heteroatoms. The number of aliphatic hydroxyl groups excluding tert-OH is 1. The Bertz CT molecular complexity index is 2020. The van der Waals surface area contributed by atoms with Gasteiger partial charge in [0.2, 0.25) is 11.9 Å². The van der Waals surface area contributed by atoms with Crippen molar-refractivity contribution in [2.45, 2.75) is 128 Å². The number of piperidine rings is 1. The van der Waals surface area contributed by atoms with Crippen LogP contribution in [0.1, 0.15) is 153 Å². The number of pyridine rings is 1. The van der Waals surface area contributed by atoms with Gasteiger partial charge in [0.05, 0.1) is 30.1 Å². The van der Waals surface area contributed by atoms with Crippen molar-refractivity contribution in [2.75, 3.05) is 18.0 Å². The Kier molecular flexibility index (Phi) is 11.9. The lowest BCUT2D eigenvalue weighted by Gasteiger charge is -2.42. The Hall–Kier alpha value is -4.23. The molecule has 1 aliphatic heterocycles. The molecule has 1 saturated carbocycles. The maximum atomic E-state index is 17.7. The molecule has 2 aromatic heterocycles. The van der Waals surface area contributed by atoms with Gasteiger partial charge in [0, 0.05) is 66.6 Å². The number of halogens is 6. The predicted molar refractivity (Wildman–Crippen MR) is 209 cm³/mol. The molecule has 2 aromatic carbocycles. The molecule has 0 bridgehead atoms. The summed E-state index contributed by atoms with van der Waals surface area (Å²) in [6, 6.07) is 10.7. The molecule has 2 fully saturated rings. The summed E-state index contributed by atoms with van der Waals surface area (Å²) in [4.78, 5) is 16.4. The van der Waals surface area contributed by atoms with Gasteiger partial charge in [-0.05, 0) is 96.7 Å². The second-order valence-corrected chi connectivity index (χ2v) is 17.6. The number of phenols is 1. The number of ether oxygens (including phenoxy) is 1. The summed E-state index contributed by atoms with van der Waals surface area (Å²) in [5, 5.41) is 20.4. The Morgan fingerprint density at radius 3 is 2.07 bits per heavy atom. The minimum Gasteiger partial charge on any atom is -0.508 e. The molecule has 3 aliphatic rings. The zero-order valence-corrected chi connectivity index (χ0v) is 33.4. The van der Waals surface area contributed by atoms with E-state index < -0.39 is 42.0 Å². The molecule has 3 heterocycles. The number of nitrogens with zero attached hydrogens (tertiary/aromatic N) is 4. The normalized spacial score (nSPS) is 21.2. The molecule has 58 heavy (non-hydrogen) atoms. The minimum atomic E-state index is -4.61. The molecular weight excluding hydrogens is 759 g/mol. The first kappa shape index (κ1) is 41.9. The summed E-state index contributed by atoms with van der Waals surface area (Å²) < 4.78 is 95.0. The molecule has 2 N–H and O–H groups in total. The molecule has 3 unspecified atom stereocenters. The topological polar surface area (TPSA) is 91.6 Å². The van der Waals surface area contributed by atoms with E-state index >= 15 is 4.39 Å². The van der Waals surface area contributed by atoms with Crippen LogP contribution in [0.3, 0.4) is 0 Å². The molecule has 7 nitrogen and oxygen atoms in total. The lowest BCUT2D eigenvalue weighted by Crippen LogP contribution is -2.36.